The molecule has 0 spiro atoms. The SMILES string of the molecule is COC(=O)C(I)CNC(=O)c1cc(C)ccc1[N+](=O)[O-]. The van der Waals surface area contributed by atoms with Gasteiger partial charge in [-0.25, -0.2) is 0 Å². The van der Waals surface area contributed by atoms with Crippen molar-refractivity contribution in [2.45, 2.75) is 10.8 Å². The fourth-order valence-electron chi connectivity index (χ4n) is 1.48. The number of amides is 1. The summed E-state index contributed by atoms with van der Waals surface area (Å²) < 4.78 is 3.97. The molecule has 0 saturated carbocycles. The number of esters is 1. The molecule has 7 nitrogen and oxygen atoms in total. The van der Waals surface area contributed by atoms with E-state index in [2.05, 4.69) is 10.1 Å². The lowest BCUT2D eigenvalue weighted by atomic mass is 10.1. The van der Waals surface area contributed by atoms with Crippen molar-refractivity contribution in [2.75, 3.05) is 13.7 Å². The molecule has 108 valence electrons. The minimum Gasteiger partial charge on any atom is -0.468 e. The van der Waals surface area contributed by atoms with Crippen LogP contribution in [0.2, 0.25) is 0 Å². The zero-order valence-electron chi connectivity index (χ0n) is 10.9. The molecule has 0 aliphatic rings. The molecule has 1 aromatic carbocycles. The molecule has 0 saturated heterocycles. The van der Waals surface area contributed by atoms with Gasteiger partial charge in [-0.05, 0) is 18.6 Å². The van der Waals surface area contributed by atoms with E-state index < -0.39 is 20.7 Å². The third kappa shape index (κ3) is 4.15. The molecule has 1 rings (SSSR count). The summed E-state index contributed by atoms with van der Waals surface area (Å²) in [6, 6.07) is 4.28. The van der Waals surface area contributed by atoms with Crippen LogP contribution in [0.5, 0.6) is 0 Å². The summed E-state index contributed by atoms with van der Waals surface area (Å²) in [6.07, 6.45) is 0. The summed E-state index contributed by atoms with van der Waals surface area (Å²) in [5, 5.41) is 13.4. The first-order chi connectivity index (χ1) is 9.36. The van der Waals surface area contributed by atoms with E-state index in [0.29, 0.717) is 0 Å². The lowest BCUT2D eigenvalue weighted by molar-refractivity contribution is -0.385. The second-order valence-electron chi connectivity index (χ2n) is 3.98. The summed E-state index contributed by atoms with van der Waals surface area (Å²) in [6.45, 7) is 1.77. The number of halogens is 1. The van der Waals surface area contributed by atoms with Crippen LogP contribution < -0.4 is 5.32 Å². The lowest BCUT2D eigenvalue weighted by Gasteiger charge is -2.10. The summed E-state index contributed by atoms with van der Waals surface area (Å²) >= 11 is 1.83. The van der Waals surface area contributed by atoms with Gasteiger partial charge in [-0.2, -0.15) is 0 Å². The van der Waals surface area contributed by atoms with Gasteiger partial charge < -0.3 is 10.1 Å². The van der Waals surface area contributed by atoms with Gasteiger partial charge in [-0.15, -0.1) is 0 Å². The largest absolute Gasteiger partial charge is 0.468 e. The Morgan fingerprint density at radius 3 is 2.70 bits per heavy atom. The van der Waals surface area contributed by atoms with Crippen LogP contribution in [0.25, 0.3) is 0 Å². The molecule has 1 amide bonds. The highest BCUT2D eigenvalue weighted by atomic mass is 127. The Kier molecular flexibility index (Phi) is 5.86. The molecule has 0 aliphatic heterocycles. The average Bonchev–Trinajstić information content (AvgIpc) is 2.42. The molecule has 0 aliphatic carbocycles. The van der Waals surface area contributed by atoms with Gasteiger partial charge in [0.2, 0.25) is 0 Å². The Hall–Kier alpha value is -1.71. The maximum atomic E-state index is 12.0. The van der Waals surface area contributed by atoms with Gasteiger partial charge in [0.05, 0.1) is 12.0 Å². The van der Waals surface area contributed by atoms with Gasteiger partial charge >= 0.3 is 5.97 Å². The van der Waals surface area contributed by atoms with Gasteiger partial charge in [-0.1, -0.05) is 28.7 Å². The highest BCUT2D eigenvalue weighted by Gasteiger charge is 2.22. The number of nitrogens with one attached hydrogen (secondary N) is 1. The Balaban J connectivity index is 2.85. The van der Waals surface area contributed by atoms with Crippen molar-refractivity contribution >= 4 is 40.2 Å². The number of benzene rings is 1. The van der Waals surface area contributed by atoms with E-state index in [0.717, 1.165) is 5.56 Å². The van der Waals surface area contributed by atoms with Crippen LogP contribution in [0.3, 0.4) is 0 Å². The van der Waals surface area contributed by atoms with Crippen LogP contribution in [-0.2, 0) is 9.53 Å². The minimum atomic E-state index is -0.615. The van der Waals surface area contributed by atoms with Crippen LogP contribution in [0, 0.1) is 17.0 Å². The highest BCUT2D eigenvalue weighted by molar-refractivity contribution is 14.1. The maximum Gasteiger partial charge on any atom is 0.320 e. The fraction of sp³-hybridized carbons (Fsp3) is 0.333. The number of ether oxygens (including phenoxy) is 1. The molecule has 0 fully saturated rings. The average molecular weight is 392 g/mol. The number of carbonyl (C=O) groups is 2. The number of alkyl halides is 1. The standard InChI is InChI=1S/C12H13IN2O5/c1-7-3-4-10(15(18)19)8(5-7)11(16)14-6-9(13)12(17)20-2/h3-5,9H,6H2,1-2H3,(H,14,16). The van der Waals surface area contributed by atoms with Gasteiger partial charge in [0, 0.05) is 12.6 Å². The molecular formula is C12H13IN2O5. The molecule has 0 aromatic heterocycles. The number of hydrogen-bond donors (Lipinski definition) is 1. The number of aryl methyl sites for hydroxylation is 1. The summed E-state index contributed by atoms with van der Waals surface area (Å²) in [5.41, 5.74) is 0.444. The third-order valence-electron chi connectivity index (χ3n) is 2.49. The molecular weight excluding hydrogens is 379 g/mol. The molecule has 1 unspecified atom stereocenters. The Bertz CT molecular complexity index is 547. The van der Waals surface area contributed by atoms with Crippen LogP contribution in [0.4, 0.5) is 5.69 Å². The van der Waals surface area contributed by atoms with Crippen molar-refractivity contribution in [3.8, 4) is 0 Å². The zero-order chi connectivity index (χ0) is 15.3. The summed E-state index contributed by atoms with van der Waals surface area (Å²) in [7, 11) is 1.25. The molecule has 0 radical (unpaired) electrons. The molecule has 20 heavy (non-hydrogen) atoms. The smallest absolute Gasteiger partial charge is 0.320 e. The first kappa shape index (κ1) is 16.3. The first-order valence-corrected chi connectivity index (χ1v) is 6.86. The highest BCUT2D eigenvalue weighted by Crippen LogP contribution is 2.19. The Morgan fingerprint density at radius 1 is 1.50 bits per heavy atom. The normalized spacial score (nSPS) is 11.6. The topological polar surface area (TPSA) is 98.5 Å². The van der Waals surface area contributed by atoms with Crippen molar-refractivity contribution in [2.24, 2.45) is 0 Å². The van der Waals surface area contributed by atoms with Crippen molar-refractivity contribution < 1.29 is 19.2 Å². The zero-order valence-corrected chi connectivity index (χ0v) is 13.0. The van der Waals surface area contributed by atoms with Crippen molar-refractivity contribution in [1.29, 1.82) is 0 Å². The summed E-state index contributed by atoms with van der Waals surface area (Å²) in [4.78, 5) is 33.4. The number of methoxy groups -OCH3 is 1. The number of rotatable bonds is 5. The number of nitro benzene ring substituents is 1. The Labute approximate surface area is 129 Å². The molecule has 1 aromatic rings. The van der Waals surface area contributed by atoms with E-state index in [1.54, 1.807) is 13.0 Å². The summed E-state index contributed by atoms with van der Waals surface area (Å²) in [5.74, 6) is -1.06. The van der Waals surface area contributed by atoms with Crippen molar-refractivity contribution in [3.05, 3.63) is 39.4 Å². The molecule has 1 N–H and O–H groups in total. The van der Waals surface area contributed by atoms with Crippen LogP contribution >= 0.6 is 22.6 Å². The second-order valence-corrected chi connectivity index (χ2v) is 5.48. The number of nitro groups is 1. The quantitative estimate of drug-likeness (QED) is 0.270. The van der Waals surface area contributed by atoms with Crippen molar-refractivity contribution in [3.63, 3.8) is 0 Å². The van der Waals surface area contributed by atoms with Gasteiger partial charge in [0.25, 0.3) is 11.6 Å². The third-order valence-corrected chi connectivity index (χ3v) is 3.44. The van der Waals surface area contributed by atoms with E-state index in [-0.39, 0.29) is 17.8 Å². The predicted molar refractivity (Wildman–Crippen MR) is 80.0 cm³/mol. The molecule has 8 heteroatoms. The van der Waals surface area contributed by atoms with E-state index in [9.17, 15) is 19.7 Å². The fourth-order valence-corrected chi connectivity index (χ4v) is 1.95. The van der Waals surface area contributed by atoms with E-state index in [4.69, 9.17) is 0 Å². The second kappa shape index (κ2) is 7.17. The monoisotopic (exact) mass is 392 g/mol. The van der Waals surface area contributed by atoms with E-state index in [1.807, 2.05) is 22.6 Å². The molecule has 1 atom stereocenters. The number of nitrogens with zero attached hydrogens (tertiary/aromatic N) is 1. The molecule has 0 heterocycles. The first-order valence-electron chi connectivity index (χ1n) is 5.62. The van der Waals surface area contributed by atoms with Crippen LogP contribution in [0.15, 0.2) is 18.2 Å². The van der Waals surface area contributed by atoms with Gasteiger partial charge in [0.1, 0.15) is 9.49 Å². The van der Waals surface area contributed by atoms with Gasteiger partial charge in [0.15, 0.2) is 0 Å². The van der Waals surface area contributed by atoms with Crippen LogP contribution in [-0.4, -0.2) is 34.4 Å². The predicted octanol–water partition coefficient (Wildman–Crippen LogP) is 1.61. The number of carbonyl (C=O) groups excluding carboxylic acids is 2. The number of hydrogen-bond acceptors (Lipinski definition) is 5. The van der Waals surface area contributed by atoms with E-state index >= 15 is 0 Å². The maximum absolute atomic E-state index is 12.0. The Morgan fingerprint density at radius 2 is 2.15 bits per heavy atom. The minimum absolute atomic E-state index is 0.0246. The van der Waals surface area contributed by atoms with Crippen molar-refractivity contribution in [1.82, 2.24) is 5.32 Å². The van der Waals surface area contributed by atoms with Gasteiger partial charge in [-0.3, -0.25) is 19.7 Å². The van der Waals surface area contributed by atoms with E-state index in [1.165, 1.54) is 19.2 Å². The molecule has 0 bridgehead atoms. The van der Waals surface area contributed by atoms with Crippen LogP contribution in [0.1, 0.15) is 15.9 Å². The lowest BCUT2D eigenvalue weighted by Crippen LogP contribution is -2.34.